The molecule has 4 N–H and O–H groups in total. The molecule has 1 aromatic carbocycles. The van der Waals surface area contributed by atoms with Crippen molar-refractivity contribution in [3.8, 4) is 29.0 Å². The summed E-state index contributed by atoms with van der Waals surface area (Å²) < 4.78 is 34.1. The molecule has 1 amide bonds. The van der Waals surface area contributed by atoms with E-state index in [2.05, 4.69) is 37.5 Å². The van der Waals surface area contributed by atoms with Crippen molar-refractivity contribution in [3.05, 3.63) is 72.0 Å². The number of carbonyl (C=O) groups is 1. The molecule has 188 valence electrons. The molecule has 3 aromatic heterocycles. The average molecular weight is 504 g/mol. The Morgan fingerprint density at radius 1 is 1.24 bits per heavy atom. The average Bonchev–Trinajstić information content (AvgIpc) is 3.43. The number of rotatable bonds is 8. The van der Waals surface area contributed by atoms with Crippen LogP contribution in [0.25, 0.3) is 17.1 Å². The molecule has 0 saturated heterocycles. The van der Waals surface area contributed by atoms with Crippen LogP contribution in [0.1, 0.15) is 41.0 Å². The number of hydrogen-bond acceptors (Lipinski definition) is 7. The quantitative estimate of drug-likeness (QED) is 0.307. The largest absolute Gasteiger partial charge is 0.444 e. The highest BCUT2D eigenvalue weighted by molar-refractivity contribution is 6.03. The van der Waals surface area contributed by atoms with Crippen LogP contribution in [0.3, 0.4) is 0 Å². The maximum atomic E-state index is 13.7. The number of hydrogen-bond donors (Lipinski definition) is 3. The minimum Gasteiger partial charge on any atom is -0.444 e. The van der Waals surface area contributed by atoms with E-state index in [-0.39, 0.29) is 23.8 Å². The highest BCUT2D eigenvalue weighted by atomic mass is 19.3. The zero-order valence-corrected chi connectivity index (χ0v) is 19.6. The molecular weight excluding hydrogens is 480 g/mol. The fourth-order valence-electron chi connectivity index (χ4n) is 3.56. The minimum atomic E-state index is -2.91. The molecular formula is C26H23F2N7O2. The number of aromatic nitrogens is 4. The Kier molecular flexibility index (Phi) is 6.91. The topological polar surface area (TPSA) is 124 Å². The van der Waals surface area contributed by atoms with Crippen LogP contribution in [-0.4, -0.2) is 38.7 Å². The van der Waals surface area contributed by atoms with Crippen LogP contribution in [-0.2, 0) is 0 Å². The molecule has 37 heavy (non-hydrogen) atoms. The molecule has 0 bridgehead atoms. The van der Waals surface area contributed by atoms with E-state index in [1.54, 1.807) is 42.6 Å². The van der Waals surface area contributed by atoms with Gasteiger partial charge in [0.25, 0.3) is 12.3 Å². The number of alkyl halides is 2. The fraction of sp³-hybridized carbons (Fsp3) is 0.231. The van der Waals surface area contributed by atoms with Gasteiger partial charge in [0, 0.05) is 23.9 Å². The third-order valence-electron chi connectivity index (χ3n) is 5.68. The number of nitrogens with two attached hydrogens (primary N) is 1. The second-order valence-electron chi connectivity index (χ2n) is 8.47. The summed E-state index contributed by atoms with van der Waals surface area (Å²) in [6.07, 6.45) is 3.64. The molecule has 1 aliphatic carbocycles. The van der Waals surface area contributed by atoms with E-state index in [1.807, 2.05) is 0 Å². The number of benzene rings is 1. The van der Waals surface area contributed by atoms with Crippen molar-refractivity contribution in [1.29, 1.82) is 0 Å². The third kappa shape index (κ3) is 5.82. The number of amides is 1. The van der Waals surface area contributed by atoms with Crippen molar-refractivity contribution < 1.29 is 18.0 Å². The molecule has 1 saturated carbocycles. The predicted molar refractivity (Wildman–Crippen MR) is 133 cm³/mol. The van der Waals surface area contributed by atoms with E-state index in [9.17, 15) is 13.6 Å². The van der Waals surface area contributed by atoms with Gasteiger partial charge in [0.15, 0.2) is 11.4 Å². The second kappa shape index (κ2) is 10.6. The lowest BCUT2D eigenvalue weighted by molar-refractivity contribution is 0.102. The molecule has 0 radical (unpaired) electrons. The standard InChI is InChI=1S/C26H23F2N7O2/c27-24(28)23-20(14-35(34-23)19-7-5-16(6-8-19)2-1-10-29)32-25(36)21-15-37-26(33-21)18-9-11-30-22(12-18)31-13-17-3-4-17/h5-9,11-12,14-15,17,24H,3-4,10,13,29H2,(H,30,31)(H,32,36). The maximum Gasteiger partial charge on any atom is 0.284 e. The first kappa shape index (κ1) is 24.1. The Morgan fingerprint density at radius 2 is 2.05 bits per heavy atom. The van der Waals surface area contributed by atoms with Crippen molar-refractivity contribution in [1.82, 2.24) is 19.7 Å². The van der Waals surface area contributed by atoms with Gasteiger partial charge in [-0.05, 0) is 55.2 Å². The van der Waals surface area contributed by atoms with Gasteiger partial charge in [-0.2, -0.15) is 5.10 Å². The van der Waals surface area contributed by atoms with Gasteiger partial charge < -0.3 is 20.8 Å². The smallest absolute Gasteiger partial charge is 0.284 e. The molecule has 11 heteroatoms. The molecule has 0 atom stereocenters. The molecule has 0 aliphatic heterocycles. The monoisotopic (exact) mass is 503 g/mol. The van der Waals surface area contributed by atoms with Gasteiger partial charge in [-0.25, -0.2) is 23.4 Å². The Hall–Kier alpha value is -4.56. The molecule has 3 heterocycles. The first-order valence-corrected chi connectivity index (χ1v) is 11.6. The summed E-state index contributed by atoms with van der Waals surface area (Å²) in [4.78, 5) is 21.3. The van der Waals surface area contributed by atoms with Crippen LogP contribution >= 0.6 is 0 Å². The van der Waals surface area contributed by atoms with Crippen LogP contribution in [0.4, 0.5) is 20.3 Å². The van der Waals surface area contributed by atoms with Crippen molar-refractivity contribution in [2.75, 3.05) is 23.7 Å². The SMILES string of the molecule is NCC#Cc1ccc(-n2cc(NC(=O)c3coc(-c4ccnc(NCC5CC5)c4)n3)c(C(F)F)n2)cc1. The van der Waals surface area contributed by atoms with E-state index in [1.165, 1.54) is 30.0 Å². The second-order valence-corrected chi connectivity index (χ2v) is 8.47. The fourth-order valence-corrected chi connectivity index (χ4v) is 3.56. The molecule has 1 fully saturated rings. The van der Waals surface area contributed by atoms with E-state index in [4.69, 9.17) is 10.2 Å². The van der Waals surface area contributed by atoms with Crippen LogP contribution in [0.15, 0.2) is 59.5 Å². The lowest BCUT2D eigenvalue weighted by Gasteiger charge is -2.04. The highest BCUT2D eigenvalue weighted by Crippen LogP contribution is 2.30. The van der Waals surface area contributed by atoms with Gasteiger partial charge in [-0.15, -0.1) is 0 Å². The number of nitrogens with one attached hydrogen (secondary N) is 2. The first-order chi connectivity index (χ1) is 18.0. The van der Waals surface area contributed by atoms with Crippen molar-refractivity contribution in [3.63, 3.8) is 0 Å². The molecule has 9 nitrogen and oxygen atoms in total. The minimum absolute atomic E-state index is 0.0601. The van der Waals surface area contributed by atoms with Crippen LogP contribution in [0, 0.1) is 17.8 Å². The van der Waals surface area contributed by atoms with E-state index in [0.717, 1.165) is 12.1 Å². The summed E-state index contributed by atoms with van der Waals surface area (Å²) >= 11 is 0. The molecule has 0 spiro atoms. The van der Waals surface area contributed by atoms with E-state index >= 15 is 0 Å². The Bertz CT molecular complexity index is 1460. The maximum absolute atomic E-state index is 13.7. The first-order valence-electron chi connectivity index (χ1n) is 11.6. The zero-order chi connectivity index (χ0) is 25.8. The summed E-state index contributed by atoms with van der Waals surface area (Å²) in [7, 11) is 0. The summed E-state index contributed by atoms with van der Waals surface area (Å²) in [5.74, 6) is 6.50. The van der Waals surface area contributed by atoms with Crippen LogP contribution < -0.4 is 16.4 Å². The molecule has 1 aliphatic rings. The van der Waals surface area contributed by atoms with Crippen molar-refractivity contribution in [2.45, 2.75) is 19.3 Å². The predicted octanol–water partition coefficient (Wildman–Crippen LogP) is 4.24. The van der Waals surface area contributed by atoms with Gasteiger partial charge in [-0.3, -0.25) is 4.79 Å². The van der Waals surface area contributed by atoms with E-state index in [0.29, 0.717) is 23.0 Å². The normalized spacial score (nSPS) is 12.8. The van der Waals surface area contributed by atoms with Crippen molar-refractivity contribution >= 4 is 17.4 Å². The molecule has 4 aromatic rings. The number of oxazole rings is 1. The Labute approximate surface area is 211 Å². The van der Waals surface area contributed by atoms with Gasteiger partial charge in [0.2, 0.25) is 5.89 Å². The highest BCUT2D eigenvalue weighted by Gasteiger charge is 2.23. The number of nitrogens with zero attached hydrogens (tertiary/aromatic N) is 4. The number of carbonyl (C=O) groups excluding carboxylic acids is 1. The van der Waals surface area contributed by atoms with Gasteiger partial charge >= 0.3 is 0 Å². The Balaban J connectivity index is 1.32. The van der Waals surface area contributed by atoms with E-state index < -0.39 is 18.0 Å². The summed E-state index contributed by atoms with van der Waals surface area (Å²) in [6, 6.07) is 10.3. The van der Waals surface area contributed by atoms with Crippen LogP contribution in [0.5, 0.6) is 0 Å². The van der Waals surface area contributed by atoms with Crippen LogP contribution in [0.2, 0.25) is 0 Å². The lowest BCUT2D eigenvalue weighted by atomic mass is 10.2. The number of pyridine rings is 1. The Morgan fingerprint density at radius 3 is 2.78 bits per heavy atom. The summed E-state index contributed by atoms with van der Waals surface area (Å²) in [5.41, 5.74) is 6.50. The lowest BCUT2D eigenvalue weighted by Crippen LogP contribution is -2.13. The van der Waals surface area contributed by atoms with Gasteiger partial charge in [-0.1, -0.05) is 11.8 Å². The third-order valence-corrected chi connectivity index (χ3v) is 5.68. The molecule has 5 rings (SSSR count). The van der Waals surface area contributed by atoms with Crippen molar-refractivity contribution in [2.24, 2.45) is 11.7 Å². The van der Waals surface area contributed by atoms with Gasteiger partial charge in [0.05, 0.1) is 24.1 Å². The number of anilines is 2. The van der Waals surface area contributed by atoms with Gasteiger partial charge in [0.1, 0.15) is 12.1 Å². The summed E-state index contributed by atoms with van der Waals surface area (Å²) in [5, 5.41) is 9.69. The zero-order valence-electron chi connectivity index (χ0n) is 19.6. The molecule has 0 unspecified atom stereocenters. The summed E-state index contributed by atoms with van der Waals surface area (Å²) in [6.45, 7) is 1.08. The number of halogens is 2.